The molecule has 1 amide bonds. The van der Waals surface area contributed by atoms with Gasteiger partial charge in [-0.25, -0.2) is 13.8 Å². The molecule has 0 fully saturated rings. The Morgan fingerprint density at radius 1 is 1.24 bits per heavy atom. The van der Waals surface area contributed by atoms with E-state index in [0.717, 1.165) is 22.2 Å². The molecule has 1 N–H and O–H groups in total. The first-order valence-electron chi connectivity index (χ1n) is 8.31. The Morgan fingerprint density at radius 3 is 2.45 bits per heavy atom. The van der Waals surface area contributed by atoms with Gasteiger partial charge in [0.05, 0.1) is 29.7 Å². The van der Waals surface area contributed by atoms with Crippen molar-refractivity contribution in [2.45, 2.75) is 6.92 Å². The van der Waals surface area contributed by atoms with Crippen molar-refractivity contribution >= 4 is 33.0 Å². The van der Waals surface area contributed by atoms with Gasteiger partial charge >= 0.3 is 0 Å². The van der Waals surface area contributed by atoms with Crippen LogP contribution in [-0.4, -0.2) is 44.9 Å². The van der Waals surface area contributed by atoms with Crippen LogP contribution in [0.25, 0.3) is 0 Å². The highest BCUT2D eigenvalue weighted by atomic mass is 32.2. The van der Waals surface area contributed by atoms with Crippen molar-refractivity contribution < 1.29 is 22.9 Å². The largest absolute Gasteiger partial charge is 0.497 e. The minimum atomic E-state index is -3.87. The van der Waals surface area contributed by atoms with Crippen LogP contribution in [-0.2, 0) is 14.8 Å². The summed E-state index contributed by atoms with van der Waals surface area (Å²) in [6.07, 6.45) is 0.908. The third kappa shape index (κ3) is 6.01. The van der Waals surface area contributed by atoms with E-state index in [-0.39, 0.29) is 11.4 Å². The van der Waals surface area contributed by atoms with Gasteiger partial charge in [0.1, 0.15) is 12.3 Å². The number of non-ortho nitro benzene ring substituents is 1. The fourth-order valence-electron chi connectivity index (χ4n) is 2.37. The number of carbonyl (C=O) groups is 1. The molecule has 0 heterocycles. The molecule has 0 aliphatic rings. The minimum Gasteiger partial charge on any atom is -0.497 e. The third-order valence-electron chi connectivity index (χ3n) is 3.87. The van der Waals surface area contributed by atoms with Crippen LogP contribution in [0.1, 0.15) is 12.5 Å². The van der Waals surface area contributed by atoms with Crippen molar-refractivity contribution in [3.8, 4) is 5.75 Å². The third-order valence-corrected chi connectivity index (χ3v) is 5.01. The molecular weight excluding hydrogens is 400 g/mol. The molecule has 0 unspecified atom stereocenters. The predicted molar refractivity (Wildman–Crippen MR) is 109 cm³/mol. The summed E-state index contributed by atoms with van der Waals surface area (Å²) in [4.78, 5) is 22.5. The van der Waals surface area contributed by atoms with Crippen LogP contribution < -0.4 is 14.5 Å². The molecule has 0 aliphatic heterocycles. The average molecular weight is 420 g/mol. The highest BCUT2D eigenvalue weighted by Crippen LogP contribution is 2.22. The van der Waals surface area contributed by atoms with Crippen LogP contribution in [0.2, 0.25) is 0 Å². The topological polar surface area (TPSA) is 131 Å². The van der Waals surface area contributed by atoms with E-state index in [4.69, 9.17) is 4.74 Å². The van der Waals surface area contributed by atoms with Gasteiger partial charge in [-0.2, -0.15) is 5.10 Å². The molecule has 0 atom stereocenters. The van der Waals surface area contributed by atoms with E-state index >= 15 is 0 Å². The van der Waals surface area contributed by atoms with E-state index < -0.39 is 27.4 Å². The zero-order valence-corrected chi connectivity index (χ0v) is 16.8. The fourth-order valence-corrected chi connectivity index (χ4v) is 3.22. The number of methoxy groups -OCH3 is 1. The van der Waals surface area contributed by atoms with Crippen molar-refractivity contribution in [2.24, 2.45) is 5.10 Å². The average Bonchev–Trinajstić information content (AvgIpc) is 2.69. The number of nitrogens with zero attached hydrogens (tertiary/aromatic N) is 3. The molecule has 0 aromatic heterocycles. The van der Waals surface area contributed by atoms with Gasteiger partial charge in [-0.05, 0) is 42.8 Å². The van der Waals surface area contributed by atoms with Crippen LogP contribution in [0.3, 0.4) is 0 Å². The molecule has 2 rings (SSSR count). The van der Waals surface area contributed by atoms with Crippen molar-refractivity contribution in [3.63, 3.8) is 0 Å². The molecule has 0 saturated carbocycles. The highest BCUT2D eigenvalue weighted by molar-refractivity contribution is 7.92. The number of nitro benzene ring substituents is 1. The zero-order valence-electron chi connectivity index (χ0n) is 16.0. The molecule has 11 heteroatoms. The number of carbonyl (C=O) groups excluding carboxylic acids is 1. The predicted octanol–water partition coefficient (Wildman–Crippen LogP) is 1.91. The number of sulfonamides is 1. The van der Waals surface area contributed by atoms with Gasteiger partial charge in [0.25, 0.3) is 11.6 Å². The lowest BCUT2D eigenvalue weighted by atomic mass is 10.1. The summed E-state index contributed by atoms with van der Waals surface area (Å²) >= 11 is 0. The summed E-state index contributed by atoms with van der Waals surface area (Å²) in [5, 5.41) is 14.9. The number of hydrogen-bond donors (Lipinski definition) is 1. The van der Waals surface area contributed by atoms with Gasteiger partial charge in [0, 0.05) is 12.1 Å². The summed E-state index contributed by atoms with van der Waals surface area (Å²) in [5.74, 6) is -0.0267. The summed E-state index contributed by atoms with van der Waals surface area (Å²) in [7, 11) is -2.32. The quantitative estimate of drug-likeness (QED) is 0.394. The summed E-state index contributed by atoms with van der Waals surface area (Å²) in [6.45, 7) is 1.09. The first kappa shape index (κ1) is 21.8. The molecule has 0 saturated heterocycles. The Morgan fingerprint density at radius 2 is 1.90 bits per heavy atom. The van der Waals surface area contributed by atoms with E-state index in [1.54, 1.807) is 38.3 Å². The lowest BCUT2D eigenvalue weighted by Crippen LogP contribution is -2.39. The molecule has 0 bridgehead atoms. The second-order valence-corrected chi connectivity index (χ2v) is 7.91. The lowest BCUT2D eigenvalue weighted by Gasteiger charge is -2.21. The van der Waals surface area contributed by atoms with Crippen molar-refractivity contribution in [2.75, 3.05) is 24.2 Å². The van der Waals surface area contributed by atoms with E-state index in [9.17, 15) is 23.3 Å². The van der Waals surface area contributed by atoms with Crippen LogP contribution in [0.5, 0.6) is 5.75 Å². The number of benzene rings is 2. The minimum absolute atomic E-state index is 0.00714. The van der Waals surface area contributed by atoms with E-state index in [0.29, 0.717) is 11.5 Å². The van der Waals surface area contributed by atoms with E-state index in [1.807, 2.05) is 0 Å². The van der Waals surface area contributed by atoms with Gasteiger partial charge in [-0.1, -0.05) is 6.07 Å². The molecule has 0 spiro atoms. The maximum Gasteiger partial charge on any atom is 0.271 e. The van der Waals surface area contributed by atoms with E-state index in [1.165, 1.54) is 18.2 Å². The summed E-state index contributed by atoms with van der Waals surface area (Å²) in [5.41, 5.74) is 3.26. The molecule has 154 valence electrons. The number of hydrazone groups is 1. The first-order valence-corrected chi connectivity index (χ1v) is 10.2. The number of hydrogen-bond acceptors (Lipinski definition) is 7. The van der Waals surface area contributed by atoms with Crippen LogP contribution >= 0.6 is 0 Å². The number of rotatable bonds is 8. The van der Waals surface area contributed by atoms with Crippen molar-refractivity contribution in [1.82, 2.24) is 5.43 Å². The molecule has 2 aromatic carbocycles. The summed E-state index contributed by atoms with van der Waals surface area (Å²) in [6, 6.07) is 12.0. The Hall–Kier alpha value is -3.47. The molecule has 0 aliphatic carbocycles. The Balaban J connectivity index is 2.16. The number of nitrogens with one attached hydrogen (secondary N) is 1. The monoisotopic (exact) mass is 420 g/mol. The SMILES string of the molecule is COc1ccc(/C(C)=N\NC(=O)CN(c2cccc([N+](=O)[O-])c2)S(C)(=O)=O)cc1. The number of anilines is 1. The van der Waals surface area contributed by atoms with Crippen LogP contribution in [0, 0.1) is 10.1 Å². The normalized spacial score (nSPS) is 11.6. The second-order valence-electron chi connectivity index (χ2n) is 6.01. The molecule has 10 nitrogen and oxygen atoms in total. The number of amides is 1. The molecule has 29 heavy (non-hydrogen) atoms. The van der Waals surface area contributed by atoms with Gasteiger partial charge < -0.3 is 4.74 Å². The van der Waals surface area contributed by atoms with E-state index in [2.05, 4.69) is 10.5 Å². The Labute approximate surface area is 168 Å². The van der Waals surface area contributed by atoms with Gasteiger partial charge in [0.2, 0.25) is 10.0 Å². The lowest BCUT2D eigenvalue weighted by molar-refractivity contribution is -0.384. The Kier molecular flexibility index (Phi) is 6.89. The summed E-state index contributed by atoms with van der Waals surface area (Å²) < 4.78 is 30.0. The molecule has 0 radical (unpaired) electrons. The van der Waals surface area contributed by atoms with Crippen molar-refractivity contribution in [3.05, 3.63) is 64.2 Å². The maximum atomic E-state index is 12.3. The first-order chi connectivity index (χ1) is 13.6. The van der Waals surface area contributed by atoms with Gasteiger partial charge in [-0.15, -0.1) is 0 Å². The zero-order chi connectivity index (χ0) is 21.6. The van der Waals surface area contributed by atoms with Crippen molar-refractivity contribution in [1.29, 1.82) is 0 Å². The highest BCUT2D eigenvalue weighted by Gasteiger charge is 2.22. The second kappa shape index (κ2) is 9.15. The number of nitro groups is 1. The number of ether oxygens (including phenoxy) is 1. The van der Waals surface area contributed by atoms with Crippen LogP contribution in [0.15, 0.2) is 53.6 Å². The smallest absolute Gasteiger partial charge is 0.271 e. The standard InChI is InChI=1S/C18H20N4O6S/c1-13(14-7-9-17(28-2)10-8-14)19-20-18(23)12-21(29(3,26)27)15-5-4-6-16(11-15)22(24)25/h4-11H,12H2,1-3H3,(H,20,23)/b19-13-. The molecule has 2 aromatic rings. The fraction of sp³-hybridized carbons (Fsp3) is 0.222. The maximum absolute atomic E-state index is 12.3. The molecular formula is C18H20N4O6S. The van der Waals surface area contributed by atoms with Crippen LogP contribution in [0.4, 0.5) is 11.4 Å². The van der Waals surface area contributed by atoms with Gasteiger partial charge in [0.15, 0.2) is 0 Å². The van der Waals surface area contributed by atoms with Gasteiger partial charge in [-0.3, -0.25) is 19.2 Å². The Bertz CT molecular complexity index is 1030.